The van der Waals surface area contributed by atoms with Crippen LogP contribution >= 0.6 is 11.8 Å². The third-order valence-corrected chi connectivity index (χ3v) is 6.83. The first-order valence-corrected chi connectivity index (χ1v) is 13.2. The molecule has 0 saturated heterocycles. The molecule has 0 aliphatic heterocycles. The van der Waals surface area contributed by atoms with Crippen LogP contribution in [0, 0.1) is 0 Å². The molecule has 8 heteroatoms. The Bertz CT molecular complexity index is 1320. The van der Waals surface area contributed by atoms with E-state index in [1.807, 2.05) is 36.4 Å². The largest absolute Gasteiger partial charge is 0.416 e. The van der Waals surface area contributed by atoms with Gasteiger partial charge in [0.25, 0.3) is 5.91 Å². The Morgan fingerprint density at radius 1 is 0.946 bits per heavy atom. The molecule has 0 aliphatic rings. The molecule has 0 radical (unpaired) electrons. The third kappa shape index (κ3) is 6.63. The molecule has 0 bridgehead atoms. The highest BCUT2D eigenvalue weighted by atomic mass is 32.2. The van der Waals surface area contributed by atoms with Crippen molar-refractivity contribution in [2.24, 2.45) is 0 Å². The van der Waals surface area contributed by atoms with Crippen LogP contribution in [-0.2, 0) is 12.7 Å². The molecule has 1 aromatic heterocycles. The van der Waals surface area contributed by atoms with E-state index in [2.05, 4.69) is 41.1 Å². The van der Waals surface area contributed by atoms with Crippen LogP contribution in [-0.4, -0.2) is 27.8 Å². The Hall–Kier alpha value is -3.52. The summed E-state index contributed by atoms with van der Waals surface area (Å²) in [4.78, 5) is 17.4. The zero-order valence-corrected chi connectivity index (χ0v) is 21.3. The summed E-state index contributed by atoms with van der Waals surface area (Å²) in [6.07, 6.45) is -2.88. The zero-order chi connectivity index (χ0) is 26.3. The first-order valence-electron chi connectivity index (χ1n) is 12.2. The van der Waals surface area contributed by atoms with E-state index in [0.717, 1.165) is 52.8 Å². The lowest BCUT2D eigenvalue weighted by molar-refractivity contribution is -0.137. The van der Waals surface area contributed by atoms with Crippen molar-refractivity contribution in [1.29, 1.82) is 0 Å². The Morgan fingerprint density at radius 3 is 2.27 bits per heavy atom. The molecule has 1 amide bonds. The molecule has 0 unspecified atom stereocenters. The molecule has 37 heavy (non-hydrogen) atoms. The average molecular weight is 524 g/mol. The maximum absolute atomic E-state index is 12.9. The number of nitrogens with zero attached hydrogens (tertiary/aromatic N) is 2. The third-order valence-electron chi connectivity index (χ3n) is 5.76. The molecule has 192 valence electrons. The van der Waals surface area contributed by atoms with Gasteiger partial charge in [0.1, 0.15) is 0 Å². The maximum atomic E-state index is 12.9. The zero-order valence-electron chi connectivity index (χ0n) is 20.5. The molecule has 3 aromatic carbocycles. The SMILES string of the molecule is CCCn1c(SCCCNC(=O)c2cccc(C(F)(F)F)c2)nc(-c2ccccc2)c1-c1ccccc1. The lowest BCUT2D eigenvalue weighted by Crippen LogP contribution is -2.25. The van der Waals surface area contributed by atoms with Crippen molar-refractivity contribution in [3.05, 3.63) is 96.1 Å². The smallest absolute Gasteiger partial charge is 0.352 e. The number of aromatic nitrogens is 2. The highest BCUT2D eigenvalue weighted by Crippen LogP contribution is 2.36. The lowest BCUT2D eigenvalue weighted by atomic mass is 10.0. The summed E-state index contributed by atoms with van der Waals surface area (Å²) < 4.78 is 41.1. The minimum atomic E-state index is -4.48. The molecule has 4 aromatic rings. The summed E-state index contributed by atoms with van der Waals surface area (Å²) in [7, 11) is 0. The van der Waals surface area contributed by atoms with Crippen molar-refractivity contribution < 1.29 is 18.0 Å². The molecule has 0 aliphatic carbocycles. The Morgan fingerprint density at radius 2 is 1.62 bits per heavy atom. The summed E-state index contributed by atoms with van der Waals surface area (Å²) in [5, 5.41) is 3.63. The number of alkyl halides is 3. The molecular weight excluding hydrogens is 495 g/mol. The average Bonchev–Trinajstić information content (AvgIpc) is 3.27. The first-order chi connectivity index (χ1) is 17.9. The quantitative estimate of drug-likeness (QED) is 0.172. The summed E-state index contributed by atoms with van der Waals surface area (Å²) in [5.74, 6) is 0.188. The van der Waals surface area contributed by atoms with E-state index in [-0.39, 0.29) is 5.56 Å². The Labute approximate surface area is 218 Å². The first kappa shape index (κ1) is 26.5. The van der Waals surface area contributed by atoms with Crippen molar-refractivity contribution in [3.63, 3.8) is 0 Å². The molecule has 1 N–H and O–H groups in total. The molecule has 1 heterocycles. The molecule has 0 saturated carbocycles. The van der Waals surface area contributed by atoms with Gasteiger partial charge in [0.05, 0.1) is 17.0 Å². The number of hydrogen-bond donors (Lipinski definition) is 1. The molecule has 4 nitrogen and oxygen atoms in total. The van der Waals surface area contributed by atoms with Crippen LogP contribution in [0.1, 0.15) is 35.7 Å². The number of carbonyl (C=O) groups is 1. The molecule has 4 rings (SSSR count). The van der Waals surface area contributed by atoms with Crippen LogP contribution in [0.2, 0.25) is 0 Å². The number of amides is 1. The highest BCUT2D eigenvalue weighted by Gasteiger charge is 2.30. The van der Waals surface area contributed by atoms with E-state index in [0.29, 0.717) is 18.7 Å². The van der Waals surface area contributed by atoms with Gasteiger partial charge >= 0.3 is 6.18 Å². The van der Waals surface area contributed by atoms with Gasteiger partial charge in [-0.15, -0.1) is 0 Å². The van der Waals surface area contributed by atoms with Gasteiger partial charge < -0.3 is 9.88 Å². The minimum Gasteiger partial charge on any atom is -0.352 e. The van der Waals surface area contributed by atoms with E-state index >= 15 is 0 Å². The molecule has 0 atom stereocenters. The van der Waals surface area contributed by atoms with E-state index in [4.69, 9.17) is 4.98 Å². The van der Waals surface area contributed by atoms with Crippen molar-refractivity contribution >= 4 is 17.7 Å². The second kappa shape index (κ2) is 12.1. The number of halogens is 3. The molecular formula is C29H28F3N3OS. The summed E-state index contributed by atoms with van der Waals surface area (Å²) in [6.45, 7) is 3.31. The number of thioether (sulfide) groups is 1. The van der Waals surface area contributed by atoms with Crippen LogP contribution in [0.25, 0.3) is 22.5 Å². The number of carbonyl (C=O) groups excluding carboxylic acids is 1. The van der Waals surface area contributed by atoms with Crippen LogP contribution < -0.4 is 5.32 Å². The minimum absolute atomic E-state index is 0.000901. The van der Waals surface area contributed by atoms with Gasteiger partial charge in [0, 0.05) is 35.5 Å². The predicted molar refractivity (Wildman–Crippen MR) is 143 cm³/mol. The van der Waals surface area contributed by atoms with Crippen LogP contribution in [0.3, 0.4) is 0 Å². The highest BCUT2D eigenvalue weighted by molar-refractivity contribution is 7.99. The van der Waals surface area contributed by atoms with Crippen molar-refractivity contribution in [2.45, 2.75) is 37.6 Å². The molecule has 0 spiro atoms. The van der Waals surface area contributed by atoms with Gasteiger partial charge in [-0.25, -0.2) is 4.98 Å². The predicted octanol–water partition coefficient (Wildman–Crippen LogP) is 7.56. The normalized spacial score (nSPS) is 11.5. The number of benzene rings is 3. The molecule has 0 fully saturated rings. The Balaban J connectivity index is 1.46. The number of imidazole rings is 1. The summed E-state index contributed by atoms with van der Waals surface area (Å²) >= 11 is 1.62. The fourth-order valence-corrected chi connectivity index (χ4v) is 5.00. The fraction of sp³-hybridized carbons (Fsp3) is 0.241. The van der Waals surface area contributed by atoms with Crippen LogP contribution in [0.4, 0.5) is 13.2 Å². The van der Waals surface area contributed by atoms with E-state index in [1.54, 1.807) is 11.8 Å². The second-order valence-electron chi connectivity index (χ2n) is 8.51. The fourth-order valence-electron chi connectivity index (χ4n) is 4.04. The maximum Gasteiger partial charge on any atom is 0.416 e. The van der Waals surface area contributed by atoms with Crippen molar-refractivity contribution in [2.75, 3.05) is 12.3 Å². The van der Waals surface area contributed by atoms with E-state index in [1.165, 1.54) is 12.1 Å². The number of hydrogen-bond acceptors (Lipinski definition) is 3. The monoisotopic (exact) mass is 523 g/mol. The van der Waals surface area contributed by atoms with E-state index in [9.17, 15) is 18.0 Å². The summed E-state index contributed by atoms with van der Waals surface area (Å²) in [6, 6.07) is 24.8. The second-order valence-corrected chi connectivity index (χ2v) is 9.57. The van der Waals surface area contributed by atoms with Crippen molar-refractivity contribution in [3.8, 4) is 22.5 Å². The standard InChI is InChI=1S/C29H28F3N3OS/c1-2-18-35-26(22-13-7-4-8-14-22)25(21-11-5-3-6-12-21)34-28(35)37-19-10-17-33-27(36)23-15-9-16-24(20-23)29(30,31)32/h3-9,11-16,20H,2,10,17-19H2,1H3,(H,33,36). The van der Waals surface area contributed by atoms with E-state index < -0.39 is 17.6 Å². The van der Waals surface area contributed by atoms with Gasteiger partial charge in [-0.2, -0.15) is 13.2 Å². The van der Waals surface area contributed by atoms with Crippen LogP contribution in [0.15, 0.2) is 90.1 Å². The summed E-state index contributed by atoms with van der Waals surface area (Å²) in [5.41, 5.74) is 3.33. The van der Waals surface area contributed by atoms with Crippen molar-refractivity contribution in [1.82, 2.24) is 14.9 Å². The lowest BCUT2D eigenvalue weighted by Gasteiger charge is -2.12. The van der Waals surface area contributed by atoms with Crippen LogP contribution in [0.5, 0.6) is 0 Å². The van der Waals surface area contributed by atoms with Gasteiger partial charge in [-0.3, -0.25) is 4.79 Å². The van der Waals surface area contributed by atoms with Gasteiger partial charge in [-0.1, -0.05) is 85.4 Å². The number of rotatable bonds is 10. The number of nitrogens with one attached hydrogen (secondary N) is 1. The van der Waals surface area contributed by atoms with Gasteiger partial charge in [-0.05, 0) is 31.0 Å². The Kier molecular flexibility index (Phi) is 8.71. The van der Waals surface area contributed by atoms with Gasteiger partial charge in [0.15, 0.2) is 5.16 Å². The van der Waals surface area contributed by atoms with Gasteiger partial charge in [0.2, 0.25) is 0 Å². The topological polar surface area (TPSA) is 46.9 Å².